The van der Waals surface area contributed by atoms with Gasteiger partial charge < -0.3 is 14.2 Å². The highest BCUT2D eigenvalue weighted by atomic mass is 79.9. The summed E-state index contributed by atoms with van der Waals surface area (Å²) in [7, 11) is 3.32. The molecule has 0 aliphatic carbocycles. The molecule has 0 heterocycles. The summed E-state index contributed by atoms with van der Waals surface area (Å²) < 4.78 is 14.4. The lowest BCUT2D eigenvalue weighted by atomic mass is 9.82. The molecule has 1 aromatic rings. The quantitative estimate of drug-likeness (QED) is 0.297. The van der Waals surface area contributed by atoms with Crippen molar-refractivity contribution in [2.45, 2.75) is 12.3 Å². The molecule has 0 bridgehead atoms. The molecule has 1 aromatic carbocycles. The molecule has 0 amide bonds. The van der Waals surface area contributed by atoms with Gasteiger partial charge in [0.05, 0.1) is 21.3 Å². The van der Waals surface area contributed by atoms with Crippen molar-refractivity contribution in [2.24, 2.45) is 5.92 Å². The normalized spacial score (nSPS) is 11.5. The number of ketones is 1. The fraction of sp³-hybridized carbons (Fsp3) is 0.375. The van der Waals surface area contributed by atoms with Crippen molar-refractivity contribution in [3.63, 3.8) is 0 Å². The minimum atomic E-state index is -1.39. The number of carbonyl (C=O) groups excluding carboxylic acids is 4. The van der Waals surface area contributed by atoms with Gasteiger partial charge in [-0.15, -0.1) is 0 Å². The van der Waals surface area contributed by atoms with Crippen LogP contribution in [0.2, 0.25) is 0 Å². The van der Waals surface area contributed by atoms with E-state index in [9.17, 15) is 19.2 Å². The Morgan fingerprint density at radius 1 is 1.00 bits per heavy atom. The van der Waals surface area contributed by atoms with Crippen molar-refractivity contribution >= 4 is 39.6 Å². The Morgan fingerprint density at radius 2 is 1.58 bits per heavy atom. The fourth-order valence-electron chi connectivity index (χ4n) is 2.24. The highest BCUT2D eigenvalue weighted by Gasteiger charge is 2.40. The molecule has 0 radical (unpaired) electrons. The number of esters is 3. The van der Waals surface area contributed by atoms with E-state index >= 15 is 0 Å². The van der Waals surface area contributed by atoms with E-state index in [-0.39, 0.29) is 0 Å². The van der Waals surface area contributed by atoms with Crippen molar-refractivity contribution in [3.05, 3.63) is 34.3 Å². The molecule has 1 atom stereocenters. The predicted molar refractivity (Wildman–Crippen MR) is 86.0 cm³/mol. The van der Waals surface area contributed by atoms with Gasteiger partial charge in [0.25, 0.3) is 0 Å². The molecule has 1 unspecified atom stereocenters. The summed E-state index contributed by atoms with van der Waals surface area (Å²) in [5.74, 6) is -5.95. The molecular weight excluding hydrogens is 384 g/mol. The van der Waals surface area contributed by atoms with Gasteiger partial charge >= 0.3 is 17.9 Å². The summed E-state index contributed by atoms with van der Waals surface area (Å²) in [5.41, 5.74) is 0.502. The number of halogens is 1. The average molecular weight is 401 g/mol. The molecule has 0 fully saturated rings. The second-order valence-corrected chi connectivity index (χ2v) is 5.72. The van der Waals surface area contributed by atoms with E-state index in [1.165, 1.54) is 0 Å². The van der Waals surface area contributed by atoms with Gasteiger partial charge in [-0.1, -0.05) is 28.1 Å². The van der Waals surface area contributed by atoms with Gasteiger partial charge in [-0.25, -0.2) is 4.79 Å². The van der Waals surface area contributed by atoms with Crippen LogP contribution in [0.5, 0.6) is 0 Å². The van der Waals surface area contributed by atoms with Crippen molar-refractivity contribution in [1.29, 1.82) is 0 Å². The zero-order valence-corrected chi connectivity index (χ0v) is 15.0. The van der Waals surface area contributed by atoms with Gasteiger partial charge in [0.2, 0.25) is 5.78 Å². The minimum absolute atomic E-state index is 0.405. The molecule has 24 heavy (non-hydrogen) atoms. The monoisotopic (exact) mass is 400 g/mol. The number of carbonyl (C=O) groups is 4. The van der Waals surface area contributed by atoms with Crippen LogP contribution in [0.25, 0.3) is 0 Å². The van der Waals surface area contributed by atoms with Crippen LogP contribution in [0.4, 0.5) is 0 Å². The first-order valence-corrected chi connectivity index (χ1v) is 7.67. The van der Waals surface area contributed by atoms with Crippen LogP contribution in [0, 0.1) is 5.92 Å². The first-order chi connectivity index (χ1) is 11.3. The molecule has 8 heteroatoms. The van der Waals surface area contributed by atoms with E-state index < -0.39 is 41.9 Å². The lowest BCUT2D eigenvalue weighted by molar-refractivity contribution is -0.161. The zero-order chi connectivity index (χ0) is 18.3. The molecule has 0 aliphatic rings. The number of ether oxygens (including phenoxy) is 3. The van der Waals surface area contributed by atoms with Gasteiger partial charge in [-0.05, 0) is 17.7 Å². The smallest absolute Gasteiger partial charge is 0.374 e. The van der Waals surface area contributed by atoms with Crippen LogP contribution < -0.4 is 0 Å². The number of Topliss-reactive ketones (excluding diaryl/α,β-unsaturated/α-hetero) is 1. The largest absolute Gasteiger partial charge is 0.468 e. The molecule has 0 saturated carbocycles. The van der Waals surface area contributed by atoms with Crippen molar-refractivity contribution in [1.82, 2.24) is 0 Å². The minimum Gasteiger partial charge on any atom is -0.468 e. The Balaban J connectivity index is 3.33. The van der Waals surface area contributed by atoms with Crippen LogP contribution in [0.3, 0.4) is 0 Å². The molecule has 7 nitrogen and oxygen atoms in total. The summed E-state index contributed by atoms with van der Waals surface area (Å²) in [6.45, 7) is 0. The second kappa shape index (κ2) is 9.17. The van der Waals surface area contributed by atoms with Crippen LogP contribution in [-0.2, 0) is 33.4 Å². The van der Waals surface area contributed by atoms with Crippen LogP contribution in [-0.4, -0.2) is 45.0 Å². The number of benzene rings is 1. The molecule has 130 valence electrons. The Labute approximate surface area is 147 Å². The van der Waals surface area contributed by atoms with Crippen molar-refractivity contribution in [2.75, 3.05) is 21.3 Å². The fourth-order valence-corrected chi connectivity index (χ4v) is 2.66. The third-order valence-corrected chi connectivity index (χ3v) is 3.90. The first-order valence-electron chi connectivity index (χ1n) is 6.88. The number of rotatable bonds is 7. The first kappa shape index (κ1) is 19.8. The number of hydrogen-bond donors (Lipinski definition) is 0. The topological polar surface area (TPSA) is 96.0 Å². The van der Waals surface area contributed by atoms with Gasteiger partial charge in [-0.3, -0.25) is 14.4 Å². The molecule has 0 aromatic heterocycles. The third-order valence-electron chi connectivity index (χ3n) is 3.41. The van der Waals surface area contributed by atoms with Gasteiger partial charge in [-0.2, -0.15) is 0 Å². The average Bonchev–Trinajstić information content (AvgIpc) is 2.59. The molecule has 1 rings (SSSR count). The third kappa shape index (κ3) is 4.89. The number of methoxy groups -OCH3 is 3. The van der Waals surface area contributed by atoms with Crippen LogP contribution >= 0.6 is 15.9 Å². The summed E-state index contributed by atoms with van der Waals surface area (Å²) >= 11 is 3.29. The van der Waals surface area contributed by atoms with E-state index in [4.69, 9.17) is 0 Å². The Kier molecular flexibility index (Phi) is 7.57. The molecule has 0 spiro atoms. The molecule has 0 aliphatic heterocycles. The van der Waals surface area contributed by atoms with Gasteiger partial charge in [0.1, 0.15) is 0 Å². The van der Waals surface area contributed by atoms with Crippen LogP contribution in [0.1, 0.15) is 17.9 Å². The maximum absolute atomic E-state index is 12.1. The summed E-state index contributed by atoms with van der Waals surface area (Å²) in [4.78, 5) is 47.6. The predicted octanol–water partition coefficient (Wildman–Crippen LogP) is 1.63. The Bertz CT molecular complexity index is 625. The van der Waals surface area contributed by atoms with Crippen molar-refractivity contribution < 1.29 is 33.4 Å². The molecule has 0 N–H and O–H groups in total. The van der Waals surface area contributed by atoms with E-state index in [0.717, 1.165) is 21.3 Å². The maximum atomic E-state index is 12.1. The number of hydrogen-bond acceptors (Lipinski definition) is 7. The summed E-state index contributed by atoms with van der Waals surface area (Å²) in [5, 5.41) is 0. The highest BCUT2D eigenvalue weighted by Crippen LogP contribution is 2.32. The lowest BCUT2D eigenvalue weighted by Gasteiger charge is -2.23. The maximum Gasteiger partial charge on any atom is 0.374 e. The highest BCUT2D eigenvalue weighted by molar-refractivity contribution is 9.10. The zero-order valence-electron chi connectivity index (χ0n) is 13.4. The molecular formula is C16H17BrO7. The lowest BCUT2D eigenvalue weighted by Crippen LogP contribution is -2.34. The van der Waals surface area contributed by atoms with E-state index in [1.54, 1.807) is 24.3 Å². The SMILES string of the molecule is COC(=O)C(=O)CC(c1cccc(Br)c1)C(C(=O)OC)C(=O)OC. The summed E-state index contributed by atoms with van der Waals surface area (Å²) in [6.07, 6.45) is -0.405. The van der Waals surface area contributed by atoms with Gasteiger partial charge in [0, 0.05) is 16.8 Å². The van der Waals surface area contributed by atoms with E-state index in [2.05, 4.69) is 30.1 Å². The van der Waals surface area contributed by atoms with Gasteiger partial charge in [0.15, 0.2) is 5.92 Å². The van der Waals surface area contributed by atoms with Crippen molar-refractivity contribution in [3.8, 4) is 0 Å². The summed E-state index contributed by atoms with van der Waals surface area (Å²) in [6, 6.07) is 6.71. The Morgan fingerprint density at radius 3 is 2.04 bits per heavy atom. The Hall–Kier alpha value is -2.22. The van der Waals surface area contributed by atoms with E-state index in [0.29, 0.717) is 10.0 Å². The van der Waals surface area contributed by atoms with E-state index in [1.807, 2.05) is 0 Å². The second-order valence-electron chi connectivity index (χ2n) is 4.80. The van der Waals surface area contributed by atoms with Crippen LogP contribution in [0.15, 0.2) is 28.7 Å². The standard InChI is InChI=1S/C16H17BrO7/c1-22-14(19)12(18)8-11(9-5-4-6-10(17)7-9)13(15(20)23-2)16(21)24-3/h4-7,11,13H,8H2,1-3H3. The molecule has 0 saturated heterocycles.